The van der Waals surface area contributed by atoms with Crippen molar-refractivity contribution in [2.75, 3.05) is 20.8 Å². The summed E-state index contributed by atoms with van der Waals surface area (Å²) < 4.78 is 8.95. The van der Waals surface area contributed by atoms with Crippen molar-refractivity contribution in [2.45, 2.75) is 12.5 Å². The van der Waals surface area contributed by atoms with Gasteiger partial charge in [-0.25, -0.2) is 0 Å². The molecule has 0 bridgehead atoms. The molecule has 5 nitrogen and oxygen atoms in total. The predicted octanol–water partition coefficient (Wildman–Crippen LogP) is -0.133. The molecule has 5 heteroatoms. The number of esters is 2. The molecule has 0 rings (SSSR count). The molecule has 0 fully saturated rings. The van der Waals surface area contributed by atoms with Gasteiger partial charge < -0.3 is 14.8 Å². The number of carbonyl (C=O) groups is 2. The molecule has 0 radical (unpaired) electrons. The molecule has 1 atom stereocenters. The van der Waals surface area contributed by atoms with Crippen LogP contribution in [0, 0.1) is 0 Å². The molecule has 0 spiro atoms. The van der Waals surface area contributed by atoms with Gasteiger partial charge in [0.15, 0.2) is 0 Å². The highest BCUT2D eigenvalue weighted by molar-refractivity contribution is 5.82. The Morgan fingerprint density at radius 2 is 2.07 bits per heavy atom. The number of hydrogen-bond acceptors (Lipinski definition) is 5. The van der Waals surface area contributed by atoms with Gasteiger partial charge in [0.1, 0.15) is 6.04 Å². The molecule has 0 saturated heterocycles. The summed E-state index contributed by atoms with van der Waals surface area (Å²) in [4.78, 5) is 22.1. The van der Waals surface area contributed by atoms with Crippen LogP contribution in [0.4, 0.5) is 0 Å². The van der Waals surface area contributed by atoms with Gasteiger partial charge >= 0.3 is 11.9 Å². The van der Waals surface area contributed by atoms with E-state index < -0.39 is 18.0 Å². The van der Waals surface area contributed by atoms with Crippen molar-refractivity contribution in [1.82, 2.24) is 5.32 Å². The quantitative estimate of drug-likeness (QED) is 0.479. The number of nitrogens with one attached hydrogen (secondary N) is 1. The summed E-state index contributed by atoms with van der Waals surface area (Å²) in [5.74, 6) is -0.950. The zero-order chi connectivity index (χ0) is 11.0. The first kappa shape index (κ1) is 12.6. The molecule has 0 aliphatic heterocycles. The molecule has 0 aromatic carbocycles. The lowest BCUT2D eigenvalue weighted by molar-refractivity contribution is -0.149. The molecule has 0 aliphatic rings. The van der Waals surface area contributed by atoms with Gasteiger partial charge in [0.05, 0.1) is 20.6 Å². The third-order valence-corrected chi connectivity index (χ3v) is 1.59. The third-order valence-electron chi connectivity index (χ3n) is 1.59. The van der Waals surface area contributed by atoms with Crippen LogP contribution in [0.1, 0.15) is 6.42 Å². The van der Waals surface area contributed by atoms with Crippen LogP contribution in [0.3, 0.4) is 0 Å². The minimum Gasteiger partial charge on any atom is -0.469 e. The summed E-state index contributed by atoms with van der Waals surface area (Å²) in [6.07, 6.45) is 1.55. The number of carbonyl (C=O) groups excluding carboxylic acids is 2. The molecule has 0 aromatic rings. The molecule has 0 aliphatic carbocycles. The standard InChI is InChI=1S/C9H15NO4/c1-4-5-10-7(9(12)14-3)6-8(11)13-2/h4,7,10H,1,5-6H2,2-3H3. The molecule has 1 N–H and O–H groups in total. The monoisotopic (exact) mass is 201 g/mol. The Labute approximate surface area is 83.1 Å². The summed E-state index contributed by atoms with van der Waals surface area (Å²) >= 11 is 0. The van der Waals surface area contributed by atoms with Gasteiger partial charge in [0.2, 0.25) is 0 Å². The minimum absolute atomic E-state index is 0.0446. The van der Waals surface area contributed by atoms with Gasteiger partial charge in [0, 0.05) is 6.54 Å². The van der Waals surface area contributed by atoms with Crippen LogP contribution in [0.15, 0.2) is 12.7 Å². The number of rotatable bonds is 6. The maximum atomic E-state index is 11.1. The average molecular weight is 201 g/mol. The molecular formula is C9H15NO4. The molecule has 80 valence electrons. The van der Waals surface area contributed by atoms with Crippen molar-refractivity contribution in [3.8, 4) is 0 Å². The van der Waals surface area contributed by atoms with Gasteiger partial charge in [0.25, 0.3) is 0 Å². The number of ether oxygens (including phenoxy) is 2. The van der Waals surface area contributed by atoms with Gasteiger partial charge in [-0.3, -0.25) is 9.59 Å². The van der Waals surface area contributed by atoms with Crippen LogP contribution >= 0.6 is 0 Å². The molecule has 0 aromatic heterocycles. The van der Waals surface area contributed by atoms with Crippen molar-refractivity contribution in [1.29, 1.82) is 0 Å². The van der Waals surface area contributed by atoms with E-state index in [-0.39, 0.29) is 6.42 Å². The van der Waals surface area contributed by atoms with Gasteiger partial charge in [-0.05, 0) is 0 Å². The Hall–Kier alpha value is -1.36. The largest absolute Gasteiger partial charge is 0.469 e. The van der Waals surface area contributed by atoms with Crippen molar-refractivity contribution in [3.05, 3.63) is 12.7 Å². The fourth-order valence-electron chi connectivity index (χ4n) is 0.857. The van der Waals surface area contributed by atoms with E-state index in [1.54, 1.807) is 6.08 Å². The maximum absolute atomic E-state index is 11.1. The predicted molar refractivity (Wildman–Crippen MR) is 50.6 cm³/mol. The summed E-state index contributed by atoms with van der Waals surface area (Å²) in [7, 11) is 2.53. The second kappa shape index (κ2) is 7.08. The fraction of sp³-hybridized carbons (Fsp3) is 0.556. The van der Waals surface area contributed by atoms with E-state index in [2.05, 4.69) is 21.4 Å². The van der Waals surface area contributed by atoms with Crippen LogP contribution in [0.5, 0.6) is 0 Å². The van der Waals surface area contributed by atoms with E-state index in [4.69, 9.17) is 0 Å². The Morgan fingerprint density at radius 3 is 2.50 bits per heavy atom. The highest BCUT2D eigenvalue weighted by atomic mass is 16.5. The van der Waals surface area contributed by atoms with E-state index in [0.29, 0.717) is 6.54 Å². The summed E-state index contributed by atoms with van der Waals surface area (Å²) in [5, 5.41) is 2.79. The van der Waals surface area contributed by atoms with E-state index in [1.807, 2.05) is 0 Å². The lowest BCUT2D eigenvalue weighted by atomic mass is 10.2. The van der Waals surface area contributed by atoms with Crippen molar-refractivity contribution >= 4 is 11.9 Å². The molecular weight excluding hydrogens is 186 g/mol. The minimum atomic E-state index is -0.676. The summed E-state index contributed by atoms with van der Waals surface area (Å²) in [5.41, 5.74) is 0. The third kappa shape index (κ3) is 4.61. The zero-order valence-electron chi connectivity index (χ0n) is 8.41. The molecule has 1 unspecified atom stereocenters. The molecule has 0 amide bonds. The van der Waals surface area contributed by atoms with E-state index in [9.17, 15) is 9.59 Å². The second-order valence-electron chi connectivity index (χ2n) is 2.55. The van der Waals surface area contributed by atoms with Gasteiger partial charge in [-0.2, -0.15) is 0 Å². The smallest absolute Gasteiger partial charge is 0.323 e. The molecule has 14 heavy (non-hydrogen) atoms. The van der Waals surface area contributed by atoms with Gasteiger partial charge in [-0.15, -0.1) is 6.58 Å². The Bertz CT molecular complexity index is 215. The lowest BCUT2D eigenvalue weighted by Gasteiger charge is -2.13. The first-order valence-electron chi connectivity index (χ1n) is 4.14. The first-order chi connectivity index (χ1) is 6.65. The highest BCUT2D eigenvalue weighted by Gasteiger charge is 2.21. The number of hydrogen-bond donors (Lipinski definition) is 1. The normalized spacial score (nSPS) is 11.6. The van der Waals surface area contributed by atoms with Crippen LogP contribution in [-0.2, 0) is 19.1 Å². The Balaban J connectivity index is 4.16. The first-order valence-corrected chi connectivity index (χ1v) is 4.14. The SMILES string of the molecule is C=CCNC(CC(=O)OC)C(=O)OC. The fourth-order valence-corrected chi connectivity index (χ4v) is 0.857. The van der Waals surface area contributed by atoms with Crippen LogP contribution in [-0.4, -0.2) is 38.7 Å². The lowest BCUT2D eigenvalue weighted by Crippen LogP contribution is -2.39. The summed E-state index contributed by atoms with van der Waals surface area (Å²) in [6.45, 7) is 3.91. The van der Waals surface area contributed by atoms with Crippen molar-refractivity contribution < 1.29 is 19.1 Å². The molecule has 0 saturated carbocycles. The second-order valence-corrected chi connectivity index (χ2v) is 2.55. The molecule has 0 heterocycles. The van der Waals surface area contributed by atoms with E-state index in [1.165, 1.54) is 14.2 Å². The van der Waals surface area contributed by atoms with E-state index >= 15 is 0 Å². The Kier molecular flexibility index (Phi) is 6.39. The zero-order valence-corrected chi connectivity index (χ0v) is 8.41. The van der Waals surface area contributed by atoms with Crippen LogP contribution in [0.2, 0.25) is 0 Å². The Morgan fingerprint density at radius 1 is 1.43 bits per heavy atom. The van der Waals surface area contributed by atoms with Crippen molar-refractivity contribution in [3.63, 3.8) is 0 Å². The van der Waals surface area contributed by atoms with Crippen molar-refractivity contribution in [2.24, 2.45) is 0 Å². The average Bonchev–Trinajstić information content (AvgIpc) is 2.22. The van der Waals surface area contributed by atoms with E-state index in [0.717, 1.165) is 0 Å². The summed E-state index contributed by atoms with van der Waals surface area (Å²) in [6, 6.07) is -0.676. The van der Waals surface area contributed by atoms with Crippen LogP contribution < -0.4 is 5.32 Å². The highest BCUT2D eigenvalue weighted by Crippen LogP contribution is 1.96. The maximum Gasteiger partial charge on any atom is 0.323 e. The van der Waals surface area contributed by atoms with Gasteiger partial charge in [-0.1, -0.05) is 6.08 Å². The van der Waals surface area contributed by atoms with Crippen LogP contribution in [0.25, 0.3) is 0 Å². The number of methoxy groups -OCH3 is 2. The topological polar surface area (TPSA) is 64.6 Å².